The summed E-state index contributed by atoms with van der Waals surface area (Å²) >= 11 is 3.46. The van der Waals surface area contributed by atoms with E-state index in [2.05, 4.69) is 21.2 Å². The molecule has 44 heavy (non-hydrogen) atoms. The van der Waals surface area contributed by atoms with Gasteiger partial charge in [-0.05, 0) is 65.9 Å². The van der Waals surface area contributed by atoms with Crippen molar-refractivity contribution in [2.75, 3.05) is 17.4 Å². The molecule has 0 aromatic heterocycles. The van der Waals surface area contributed by atoms with Crippen LogP contribution in [0.25, 0.3) is 0 Å². The molecular weight excluding hydrogens is 638 g/mol. The maximum absolute atomic E-state index is 14.5. The third-order valence-corrected chi connectivity index (χ3v) is 9.44. The van der Waals surface area contributed by atoms with Gasteiger partial charge in [0.15, 0.2) is 0 Å². The summed E-state index contributed by atoms with van der Waals surface area (Å²) in [4.78, 5) is 29.9. The van der Waals surface area contributed by atoms with Crippen LogP contribution in [0.1, 0.15) is 30.5 Å². The number of amides is 2. The average Bonchev–Trinajstić information content (AvgIpc) is 3.02. The van der Waals surface area contributed by atoms with E-state index in [0.717, 1.165) is 25.5 Å². The van der Waals surface area contributed by atoms with Crippen LogP contribution in [0.15, 0.2) is 119 Å². The third kappa shape index (κ3) is 8.80. The SMILES string of the molecule is Cc1cccc(N(CC(=O)N(Cc2ccc(Br)cc2)[C@@H](Cc2ccccc2)C(=O)NCC(C)C)S(=O)(=O)c2ccccc2)c1. The standard InChI is InChI=1S/C35H38BrN3O4S/c1-26(2)23-37-35(41)33(22-28-12-6-4-7-13-28)38(24-29-17-19-30(36)20-18-29)34(40)25-39(31-14-10-11-27(3)21-31)44(42,43)32-15-8-5-9-16-32/h4-21,26,33H,22-25H2,1-3H3,(H,37,41)/t33-/m0/s1. The Hall–Kier alpha value is -3.95. The van der Waals surface area contributed by atoms with E-state index >= 15 is 0 Å². The van der Waals surface area contributed by atoms with Gasteiger partial charge in [-0.3, -0.25) is 13.9 Å². The summed E-state index contributed by atoms with van der Waals surface area (Å²) in [6.07, 6.45) is 0.267. The molecule has 0 heterocycles. The molecule has 0 spiro atoms. The zero-order valence-electron chi connectivity index (χ0n) is 25.2. The highest BCUT2D eigenvalue weighted by Crippen LogP contribution is 2.26. The molecule has 4 rings (SSSR count). The van der Waals surface area contributed by atoms with Crippen LogP contribution in [0.3, 0.4) is 0 Å². The quantitative estimate of drug-likeness (QED) is 0.179. The van der Waals surface area contributed by atoms with Gasteiger partial charge in [0, 0.05) is 24.0 Å². The van der Waals surface area contributed by atoms with E-state index in [1.165, 1.54) is 17.0 Å². The first kappa shape index (κ1) is 33.0. The topological polar surface area (TPSA) is 86.8 Å². The molecule has 0 fully saturated rings. The van der Waals surface area contributed by atoms with Gasteiger partial charge >= 0.3 is 0 Å². The van der Waals surface area contributed by atoms with Gasteiger partial charge in [-0.15, -0.1) is 0 Å². The van der Waals surface area contributed by atoms with E-state index in [9.17, 15) is 18.0 Å². The molecule has 0 radical (unpaired) electrons. The highest BCUT2D eigenvalue weighted by atomic mass is 79.9. The molecule has 0 aliphatic heterocycles. The number of hydrogen-bond donors (Lipinski definition) is 1. The van der Waals surface area contributed by atoms with Gasteiger partial charge in [-0.2, -0.15) is 0 Å². The average molecular weight is 677 g/mol. The number of nitrogens with zero attached hydrogens (tertiary/aromatic N) is 2. The Labute approximate surface area is 269 Å². The van der Waals surface area contributed by atoms with E-state index in [4.69, 9.17) is 0 Å². The van der Waals surface area contributed by atoms with Gasteiger partial charge < -0.3 is 10.2 Å². The molecule has 0 aliphatic rings. The van der Waals surface area contributed by atoms with Gasteiger partial charge in [0.1, 0.15) is 12.6 Å². The molecule has 0 saturated heterocycles. The Kier molecular flexibility index (Phi) is 11.4. The predicted octanol–water partition coefficient (Wildman–Crippen LogP) is 6.37. The lowest BCUT2D eigenvalue weighted by molar-refractivity contribution is -0.140. The molecule has 230 valence electrons. The molecule has 4 aromatic carbocycles. The van der Waals surface area contributed by atoms with Crippen molar-refractivity contribution in [2.24, 2.45) is 5.92 Å². The maximum atomic E-state index is 14.5. The lowest BCUT2D eigenvalue weighted by atomic mass is 10.0. The Bertz CT molecular complexity index is 1650. The highest BCUT2D eigenvalue weighted by Gasteiger charge is 2.34. The van der Waals surface area contributed by atoms with Gasteiger partial charge in [-0.25, -0.2) is 8.42 Å². The minimum absolute atomic E-state index is 0.0734. The van der Waals surface area contributed by atoms with E-state index in [1.54, 1.807) is 36.4 Å². The summed E-state index contributed by atoms with van der Waals surface area (Å²) in [6.45, 7) is 5.96. The van der Waals surface area contributed by atoms with Crippen LogP contribution in [-0.4, -0.2) is 44.3 Å². The van der Waals surface area contributed by atoms with Crippen molar-refractivity contribution < 1.29 is 18.0 Å². The van der Waals surface area contributed by atoms with Crippen LogP contribution in [0.5, 0.6) is 0 Å². The van der Waals surface area contributed by atoms with Crippen LogP contribution in [-0.2, 0) is 32.6 Å². The molecule has 0 bridgehead atoms. The molecule has 0 unspecified atom stereocenters. The van der Waals surface area contributed by atoms with Crippen molar-refractivity contribution in [2.45, 2.75) is 44.7 Å². The van der Waals surface area contributed by atoms with Crippen LogP contribution in [0.2, 0.25) is 0 Å². The molecule has 2 amide bonds. The van der Waals surface area contributed by atoms with Gasteiger partial charge in [-0.1, -0.05) is 103 Å². The van der Waals surface area contributed by atoms with E-state index in [1.807, 2.05) is 81.4 Å². The normalized spacial score (nSPS) is 12.0. The summed E-state index contributed by atoms with van der Waals surface area (Å²) in [5, 5.41) is 3.01. The van der Waals surface area contributed by atoms with Crippen molar-refractivity contribution in [1.82, 2.24) is 10.2 Å². The number of nitrogens with one attached hydrogen (secondary N) is 1. The molecule has 0 saturated carbocycles. The number of hydrogen-bond acceptors (Lipinski definition) is 4. The molecule has 7 nitrogen and oxygen atoms in total. The molecule has 4 aromatic rings. The summed E-state index contributed by atoms with van der Waals surface area (Å²) < 4.78 is 30.1. The molecular formula is C35H38BrN3O4S. The van der Waals surface area contributed by atoms with Crippen LogP contribution in [0, 0.1) is 12.8 Å². The van der Waals surface area contributed by atoms with Crippen molar-refractivity contribution in [3.05, 3.63) is 130 Å². The number of sulfonamides is 1. The largest absolute Gasteiger partial charge is 0.354 e. The van der Waals surface area contributed by atoms with Gasteiger partial charge in [0.05, 0.1) is 10.6 Å². The van der Waals surface area contributed by atoms with Crippen molar-refractivity contribution >= 4 is 43.5 Å². The Morgan fingerprint density at radius 3 is 2.07 bits per heavy atom. The summed E-state index contributed by atoms with van der Waals surface area (Å²) in [5.74, 6) is -0.574. The number of aryl methyl sites for hydroxylation is 1. The summed E-state index contributed by atoms with van der Waals surface area (Å²) in [6, 6.07) is 31.3. The van der Waals surface area contributed by atoms with E-state index in [-0.39, 0.29) is 29.7 Å². The first-order valence-corrected chi connectivity index (χ1v) is 16.8. The van der Waals surface area contributed by atoms with Crippen molar-refractivity contribution in [1.29, 1.82) is 0 Å². The summed E-state index contributed by atoms with van der Waals surface area (Å²) in [7, 11) is -4.13. The van der Waals surface area contributed by atoms with E-state index in [0.29, 0.717) is 12.2 Å². The van der Waals surface area contributed by atoms with Crippen LogP contribution >= 0.6 is 15.9 Å². The number of carbonyl (C=O) groups is 2. The minimum Gasteiger partial charge on any atom is -0.354 e. The van der Waals surface area contributed by atoms with Crippen LogP contribution < -0.4 is 9.62 Å². The van der Waals surface area contributed by atoms with Crippen molar-refractivity contribution in [3.63, 3.8) is 0 Å². The number of anilines is 1. The number of halogens is 1. The van der Waals surface area contributed by atoms with Gasteiger partial charge in [0.25, 0.3) is 10.0 Å². The fourth-order valence-corrected chi connectivity index (χ4v) is 6.49. The fraction of sp³-hybridized carbons (Fsp3) is 0.257. The zero-order chi connectivity index (χ0) is 31.7. The fourth-order valence-electron chi connectivity index (χ4n) is 4.79. The second kappa shape index (κ2) is 15.2. The number of benzene rings is 4. The first-order chi connectivity index (χ1) is 21.0. The molecule has 9 heteroatoms. The first-order valence-electron chi connectivity index (χ1n) is 14.5. The Morgan fingerprint density at radius 2 is 1.45 bits per heavy atom. The van der Waals surface area contributed by atoms with E-state index < -0.39 is 28.5 Å². The van der Waals surface area contributed by atoms with Crippen LogP contribution in [0.4, 0.5) is 5.69 Å². The zero-order valence-corrected chi connectivity index (χ0v) is 27.6. The Balaban J connectivity index is 1.79. The highest BCUT2D eigenvalue weighted by molar-refractivity contribution is 9.10. The second-order valence-electron chi connectivity index (χ2n) is 11.2. The maximum Gasteiger partial charge on any atom is 0.264 e. The molecule has 1 atom stereocenters. The number of rotatable bonds is 13. The molecule has 0 aliphatic carbocycles. The third-order valence-electron chi connectivity index (χ3n) is 7.12. The Morgan fingerprint density at radius 1 is 0.818 bits per heavy atom. The smallest absolute Gasteiger partial charge is 0.264 e. The minimum atomic E-state index is -4.13. The van der Waals surface area contributed by atoms with Gasteiger partial charge in [0.2, 0.25) is 11.8 Å². The predicted molar refractivity (Wildman–Crippen MR) is 179 cm³/mol. The lowest BCUT2D eigenvalue weighted by Gasteiger charge is -2.34. The number of carbonyl (C=O) groups excluding carboxylic acids is 2. The molecule has 1 N–H and O–H groups in total. The monoisotopic (exact) mass is 675 g/mol. The lowest BCUT2D eigenvalue weighted by Crippen LogP contribution is -2.53. The van der Waals surface area contributed by atoms with Crippen molar-refractivity contribution in [3.8, 4) is 0 Å². The summed E-state index contributed by atoms with van der Waals surface area (Å²) in [5.41, 5.74) is 2.92. The second-order valence-corrected chi connectivity index (χ2v) is 13.9.